The summed E-state index contributed by atoms with van der Waals surface area (Å²) in [5, 5.41) is 6.71. The summed E-state index contributed by atoms with van der Waals surface area (Å²) >= 11 is 3.22. The SMILES string of the molecule is COc1ccc(C)cc1NC(=O)Cn1nc(C(F)F)c(Br)c1C1CC1. The summed E-state index contributed by atoms with van der Waals surface area (Å²) in [4.78, 5) is 12.4. The number of methoxy groups -OCH3 is 1. The number of nitrogens with one attached hydrogen (secondary N) is 1. The van der Waals surface area contributed by atoms with E-state index in [9.17, 15) is 13.6 Å². The van der Waals surface area contributed by atoms with Crippen molar-refractivity contribution in [2.24, 2.45) is 0 Å². The quantitative estimate of drug-likeness (QED) is 0.762. The average molecular weight is 414 g/mol. The van der Waals surface area contributed by atoms with Crippen molar-refractivity contribution < 1.29 is 18.3 Å². The zero-order valence-electron chi connectivity index (χ0n) is 13.9. The van der Waals surface area contributed by atoms with Gasteiger partial charge in [0.25, 0.3) is 6.43 Å². The molecule has 0 unspecified atom stereocenters. The molecule has 1 N–H and O–H groups in total. The second kappa shape index (κ2) is 7.11. The molecule has 1 aromatic heterocycles. The van der Waals surface area contributed by atoms with Crippen LogP contribution in [0.15, 0.2) is 22.7 Å². The smallest absolute Gasteiger partial charge is 0.283 e. The number of hydrogen-bond acceptors (Lipinski definition) is 3. The van der Waals surface area contributed by atoms with E-state index in [0.717, 1.165) is 18.4 Å². The summed E-state index contributed by atoms with van der Waals surface area (Å²) in [5.41, 5.74) is 1.86. The summed E-state index contributed by atoms with van der Waals surface area (Å²) in [6.07, 6.45) is -0.853. The van der Waals surface area contributed by atoms with Gasteiger partial charge in [0.15, 0.2) is 0 Å². The van der Waals surface area contributed by atoms with Gasteiger partial charge in [-0.1, -0.05) is 6.07 Å². The summed E-state index contributed by atoms with van der Waals surface area (Å²) in [7, 11) is 1.52. The molecule has 1 aliphatic carbocycles. The van der Waals surface area contributed by atoms with Crippen LogP contribution in [-0.4, -0.2) is 22.8 Å². The van der Waals surface area contributed by atoms with Gasteiger partial charge >= 0.3 is 0 Å². The largest absolute Gasteiger partial charge is 0.495 e. The molecule has 1 aliphatic rings. The lowest BCUT2D eigenvalue weighted by molar-refractivity contribution is -0.117. The Bertz CT molecular complexity index is 803. The Balaban J connectivity index is 1.82. The average Bonchev–Trinajstić information content (AvgIpc) is 3.32. The lowest BCUT2D eigenvalue weighted by Gasteiger charge is -2.12. The van der Waals surface area contributed by atoms with E-state index < -0.39 is 6.43 Å². The zero-order valence-corrected chi connectivity index (χ0v) is 15.4. The van der Waals surface area contributed by atoms with Crippen LogP contribution in [0, 0.1) is 6.92 Å². The van der Waals surface area contributed by atoms with E-state index in [1.54, 1.807) is 12.1 Å². The molecule has 2 aromatic rings. The molecule has 3 rings (SSSR count). The van der Waals surface area contributed by atoms with Crippen LogP contribution in [0.4, 0.5) is 14.5 Å². The first-order valence-corrected chi connectivity index (χ1v) is 8.68. The lowest BCUT2D eigenvalue weighted by Crippen LogP contribution is -2.21. The summed E-state index contributed by atoms with van der Waals surface area (Å²) in [6, 6.07) is 5.43. The van der Waals surface area contributed by atoms with E-state index in [1.807, 2.05) is 13.0 Å². The first-order chi connectivity index (χ1) is 11.9. The number of ether oxygens (including phenoxy) is 1. The van der Waals surface area contributed by atoms with Gasteiger partial charge in [0.05, 0.1) is 23.0 Å². The van der Waals surface area contributed by atoms with Crippen LogP contribution in [0.1, 0.15) is 42.1 Å². The van der Waals surface area contributed by atoms with Gasteiger partial charge in [-0.2, -0.15) is 5.10 Å². The third-order valence-electron chi connectivity index (χ3n) is 4.05. The van der Waals surface area contributed by atoms with Crippen LogP contribution in [-0.2, 0) is 11.3 Å². The van der Waals surface area contributed by atoms with Gasteiger partial charge in [-0.25, -0.2) is 8.78 Å². The van der Waals surface area contributed by atoms with E-state index >= 15 is 0 Å². The number of rotatable bonds is 6. The van der Waals surface area contributed by atoms with Gasteiger partial charge < -0.3 is 10.1 Å². The highest BCUT2D eigenvalue weighted by Gasteiger charge is 2.34. The third-order valence-corrected chi connectivity index (χ3v) is 4.86. The highest BCUT2D eigenvalue weighted by Crippen LogP contribution is 2.45. The molecule has 134 valence electrons. The third kappa shape index (κ3) is 3.84. The summed E-state index contributed by atoms with van der Waals surface area (Å²) in [6.45, 7) is 1.77. The molecule has 0 atom stereocenters. The van der Waals surface area contributed by atoms with E-state index in [-0.39, 0.29) is 24.1 Å². The van der Waals surface area contributed by atoms with Crippen molar-refractivity contribution in [2.45, 2.75) is 38.7 Å². The fraction of sp³-hybridized carbons (Fsp3) is 0.412. The van der Waals surface area contributed by atoms with Crippen LogP contribution in [0.25, 0.3) is 0 Å². The summed E-state index contributed by atoms with van der Waals surface area (Å²) in [5.74, 6) is 0.369. The topological polar surface area (TPSA) is 56.1 Å². The molecular weight excluding hydrogens is 396 g/mol. The van der Waals surface area contributed by atoms with E-state index in [1.165, 1.54) is 11.8 Å². The van der Waals surface area contributed by atoms with Crippen LogP contribution in [0.3, 0.4) is 0 Å². The Morgan fingerprint density at radius 2 is 2.20 bits per heavy atom. The first-order valence-electron chi connectivity index (χ1n) is 7.89. The molecule has 0 radical (unpaired) electrons. The predicted molar refractivity (Wildman–Crippen MR) is 93.2 cm³/mol. The Kier molecular flexibility index (Phi) is 5.08. The molecular formula is C17H18BrF2N3O2. The molecule has 1 fully saturated rings. The second-order valence-corrected chi connectivity index (χ2v) is 6.86. The van der Waals surface area contributed by atoms with Gasteiger partial charge in [0.1, 0.15) is 18.0 Å². The van der Waals surface area contributed by atoms with Crippen LogP contribution in [0.5, 0.6) is 5.75 Å². The molecule has 0 spiro atoms. The van der Waals surface area contributed by atoms with Crippen molar-refractivity contribution in [3.8, 4) is 5.75 Å². The number of benzene rings is 1. The Hall–Kier alpha value is -1.96. The zero-order chi connectivity index (χ0) is 18.1. The monoisotopic (exact) mass is 413 g/mol. The van der Waals surface area contributed by atoms with Crippen molar-refractivity contribution in [2.75, 3.05) is 12.4 Å². The number of halogens is 3. The van der Waals surface area contributed by atoms with Crippen LogP contribution in [0.2, 0.25) is 0 Å². The minimum absolute atomic E-state index is 0.131. The maximum absolute atomic E-state index is 13.1. The van der Waals surface area contributed by atoms with Crippen molar-refractivity contribution in [1.82, 2.24) is 9.78 Å². The highest BCUT2D eigenvalue weighted by molar-refractivity contribution is 9.10. The van der Waals surface area contributed by atoms with E-state index in [0.29, 0.717) is 21.6 Å². The fourth-order valence-electron chi connectivity index (χ4n) is 2.72. The summed E-state index contributed by atoms with van der Waals surface area (Å²) < 4.78 is 33.1. The molecule has 5 nitrogen and oxygen atoms in total. The van der Waals surface area contributed by atoms with Crippen LogP contribution >= 0.6 is 15.9 Å². The molecule has 1 heterocycles. The number of alkyl halides is 2. The molecule has 25 heavy (non-hydrogen) atoms. The molecule has 0 saturated heterocycles. The number of carbonyl (C=O) groups excluding carboxylic acids is 1. The van der Waals surface area contributed by atoms with Crippen molar-refractivity contribution in [1.29, 1.82) is 0 Å². The Morgan fingerprint density at radius 1 is 1.48 bits per heavy atom. The number of aryl methyl sites for hydroxylation is 1. The van der Waals surface area contributed by atoms with Gasteiger partial charge in [0, 0.05) is 5.92 Å². The maximum Gasteiger partial charge on any atom is 0.283 e. The first kappa shape index (κ1) is 17.8. The second-order valence-electron chi connectivity index (χ2n) is 6.07. The van der Waals surface area contributed by atoms with Crippen molar-refractivity contribution in [3.63, 3.8) is 0 Å². The number of anilines is 1. The minimum atomic E-state index is -2.69. The van der Waals surface area contributed by atoms with E-state index in [2.05, 4.69) is 26.3 Å². The number of aromatic nitrogens is 2. The molecule has 0 aliphatic heterocycles. The molecule has 1 amide bonds. The van der Waals surface area contributed by atoms with Crippen molar-refractivity contribution in [3.05, 3.63) is 39.6 Å². The number of hydrogen-bond donors (Lipinski definition) is 1. The predicted octanol–water partition coefficient (Wildman–Crippen LogP) is 4.42. The minimum Gasteiger partial charge on any atom is -0.495 e. The lowest BCUT2D eigenvalue weighted by atomic mass is 10.2. The maximum atomic E-state index is 13.1. The van der Waals surface area contributed by atoms with E-state index in [4.69, 9.17) is 4.74 Å². The molecule has 1 aromatic carbocycles. The fourth-order valence-corrected chi connectivity index (χ4v) is 3.51. The van der Waals surface area contributed by atoms with Gasteiger partial charge in [-0.05, 0) is 53.4 Å². The standard InChI is InChI=1S/C17H18BrF2N3O2/c1-9-3-6-12(25-2)11(7-9)21-13(24)8-23-16(10-4-5-10)14(18)15(22-23)17(19)20/h3,6-7,10,17H,4-5,8H2,1-2H3,(H,21,24). The van der Waals surface area contributed by atoms with Crippen LogP contribution < -0.4 is 10.1 Å². The number of nitrogens with zero attached hydrogens (tertiary/aromatic N) is 2. The van der Waals surface area contributed by atoms with Gasteiger partial charge in [0.2, 0.25) is 5.91 Å². The van der Waals surface area contributed by atoms with Crippen molar-refractivity contribution >= 4 is 27.5 Å². The Morgan fingerprint density at radius 3 is 2.80 bits per heavy atom. The molecule has 1 saturated carbocycles. The van der Waals surface area contributed by atoms with Gasteiger partial charge in [-0.3, -0.25) is 9.48 Å². The highest BCUT2D eigenvalue weighted by atomic mass is 79.9. The van der Waals surface area contributed by atoms with Gasteiger partial charge in [-0.15, -0.1) is 0 Å². The number of amides is 1. The normalized spacial score (nSPS) is 14.0. The Labute approximate surface area is 152 Å². The molecule has 0 bridgehead atoms. The number of carbonyl (C=O) groups is 1. The molecule has 8 heteroatoms.